The summed E-state index contributed by atoms with van der Waals surface area (Å²) in [5, 5.41) is 0. The Balaban J connectivity index is 0. The van der Waals surface area contributed by atoms with Crippen LogP contribution in [-0.4, -0.2) is 0 Å². The Kier molecular flexibility index (Phi) is 316. The van der Waals surface area contributed by atoms with Gasteiger partial charge in [-0.25, -0.2) is 0 Å². The fourth-order valence-corrected chi connectivity index (χ4v) is 0. The first kappa shape index (κ1) is 50.7. The van der Waals surface area contributed by atoms with E-state index in [4.69, 9.17) is 0 Å². The molecule has 0 spiro atoms. The van der Waals surface area contributed by atoms with Crippen LogP contribution in [0.5, 0.6) is 0 Å². The van der Waals surface area contributed by atoms with Crippen molar-refractivity contribution in [3.63, 3.8) is 0 Å². The summed E-state index contributed by atoms with van der Waals surface area (Å²) in [6.45, 7) is 0. The van der Waals surface area contributed by atoms with Gasteiger partial charge in [0.05, 0.1) is 12.4 Å². The van der Waals surface area contributed by atoms with E-state index in [0.717, 1.165) is 0 Å². The van der Waals surface area contributed by atoms with Crippen LogP contribution in [0.4, 0.5) is 0 Å². The van der Waals surface area contributed by atoms with Crippen molar-refractivity contribution >= 4 is 0 Å². The topological polar surface area (TPSA) is 0 Å². The average molecular weight is 115 g/mol. The second-order valence-electron chi connectivity index (χ2n) is 0. The maximum absolute atomic E-state index is 0. The molecule has 0 N–H and O–H groups in total. The van der Waals surface area contributed by atoms with Gasteiger partial charge < -0.3 is 24.8 Å². The second kappa shape index (κ2) is 24.9. The van der Waals surface area contributed by atoms with E-state index in [2.05, 4.69) is 0 Å². The summed E-state index contributed by atoms with van der Waals surface area (Å²) in [7, 11) is 0. The quantitative estimate of drug-likeness (QED) is 0.275. The summed E-state index contributed by atoms with van der Waals surface area (Å²) in [6, 6.07) is 0. The zero-order valence-electron chi connectivity index (χ0n) is 2.20. The van der Waals surface area contributed by atoms with Crippen LogP contribution in [0.1, 0.15) is 0 Å². The molecular weight excluding hydrogens is 113 g/mol. The molecule has 0 fully saturated rings. The largest absolute Gasteiger partial charge is 1.00 e. The Morgan fingerprint density at radius 3 is 0.750 bits per heavy atom. The van der Waals surface area contributed by atoms with Crippen LogP contribution in [0.25, 0.3) is 0 Å². The Morgan fingerprint density at radius 2 is 0.750 bits per heavy atom. The molecule has 0 aromatic heterocycles. The van der Waals surface area contributed by atoms with Gasteiger partial charge in [0, 0.05) is 0 Å². The molecule has 0 saturated carbocycles. The Hall–Kier alpha value is 1.47. The number of rotatable bonds is 0. The number of hydrogen-bond donors (Lipinski definition) is 0. The molecule has 0 radical (unpaired) electrons. The van der Waals surface area contributed by atoms with E-state index in [1.54, 1.807) is 0 Å². The molecule has 0 rings (SSSR count). The maximum Gasteiger partial charge on any atom is 1.00 e. The molecule has 0 bridgehead atoms. The molecule has 0 unspecified atom stereocenters. The van der Waals surface area contributed by atoms with Crippen LogP contribution in [0.2, 0.25) is 0 Å². The molecule has 0 heterocycles. The van der Waals surface area contributed by atoms with Gasteiger partial charge in [0.1, 0.15) is 0 Å². The van der Waals surface area contributed by atoms with Gasteiger partial charge in [-0.2, -0.15) is 0 Å². The van der Waals surface area contributed by atoms with E-state index in [1.165, 1.54) is 0 Å². The van der Waals surface area contributed by atoms with Gasteiger partial charge in [0.25, 0.3) is 0 Å². The van der Waals surface area contributed by atoms with Crippen molar-refractivity contribution in [3.8, 4) is 0 Å². The normalized spacial score (nSPS) is 0. The maximum atomic E-state index is 0. The zero-order chi connectivity index (χ0) is 0. The number of hydrogen-bond acceptors (Lipinski definition) is 0. The van der Waals surface area contributed by atoms with Gasteiger partial charge in [-0.05, 0) is 0 Å². The van der Waals surface area contributed by atoms with E-state index in [1.807, 2.05) is 0 Å². The van der Waals surface area contributed by atoms with Crippen molar-refractivity contribution in [1.29, 1.82) is 0 Å². The summed E-state index contributed by atoms with van der Waals surface area (Å²) in [6.07, 6.45) is 0. The second-order valence-corrected chi connectivity index (χ2v) is 0. The molecule has 0 atom stereocenters. The standard InChI is InChI=1S/ClH2.2ClH.Li/h1H2;2*1H;/q+1;;;+1/p-2. The number of halogens is 3. The van der Waals surface area contributed by atoms with Gasteiger partial charge in [-0.15, -0.1) is 0 Å². The smallest absolute Gasteiger partial charge is 1.00 e. The first-order valence-electron chi connectivity index (χ1n) is 0. The third-order valence-electron chi connectivity index (χ3n) is 0. The van der Waals surface area contributed by atoms with Crippen LogP contribution in [0.3, 0.4) is 0 Å². The summed E-state index contributed by atoms with van der Waals surface area (Å²) in [4.78, 5) is 0. The molecule has 0 aromatic rings. The van der Waals surface area contributed by atoms with Crippen molar-refractivity contribution < 1.29 is 56.1 Å². The third kappa shape index (κ3) is 9.80. The van der Waals surface area contributed by atoms with Crippen molar-refractivity contribution in [2.75, 3.05) is 0 Å². The van der Waals surface area contributed by atoms with Gasteiger partial charge >= 0.3 is 18.9 Å². The molecule has 0 nitrogen and oxygen atoms in total. The zero-order valence-corrected chi connectivity index (χ0v) is 4.61. The first-order valence-corrected chi connectivity index (χ1v) is 0. The minimum atomic E-state index is 0. The van der Waals surface area contributed by atoms with Crippen LogP contribution >= 0.6 is 0 Å². The molecule has 0 aliphatic carbocycles. The summed E-state index contributed by atoms with van der Waals surface area (Å²) >= 11 is 0. The summed E-state index contributed by atoms with van der Waals surface area (Å²) in [5.74, 6) is 0. The van der Waals surface area contributed by atoms with Crippen molar-refractivity contribution in [1.82, 2.24) is 0 Å². The van der Waals surface area contributed by atoms with E-state index in [-0.39, 0.29) is 56.1 Å². The first-order chi connectivity index (χ1) is 0. The molecule has 24 valence electrons. The monoisotopic (exact) mass is 114 g/mol. The third-order valence-corrected chi connectivity index (χ3v) is 0. The van der Waals surface area contributed by atoms with Crippen LogP contribution in [0, 0.1) is 12.4 Å². The molecule has 0 amide bonds. The fraction of sp³-hybridized carbons (Fsp3) is 0. The minimum Gasteiger partial charge on any atom is -1.00 e. The van der Waals surface area contributed by atoms with Crippen molar-refractivity contribution in [2.24, 2.45) is 0 Å². The van der Waals surface area contributed by atoms with E-state index in [0.29, 0.717) is 0 Å². The predicted octanol–water partition coefficient (Wildman–Crippen LogP) is -9.52. The Labute approximate surface area is 56.1 Å². The average Bonchev–Trinajstić information content (AvgIpc) is 0. The van der Waals surface area contributed by atoms with Crippen LogP contribution < -0.4 is 43.7 Å². The van der Waals surface area contributed by atoms with E-state index >= 15 is 0 Å². The van der Waals surface area contributed by atoms with E-state index < -0.39 is 0 Å². The summed E-state index contributed by atoms with van der Waals surface area (Å²) in [5.41, 5.74) is 0. The predicted molar refractivity (Wildman–Crippen MR) is 2.79 cm³/mol. The minimum absolute atomic E-state index is 0. The molecule has 0 saturated heterocycles. The molecule has 4 heavy (non-hydrogen) atoms. The molecule has 0 aromatic carbocycles. The summed E-state index contributed by atoms with van der Waals surface area (Å²) < 4.78 is 0. The van der Waals surface area contributed by atoms with Crippen LogP contribution in [-0.2, 0) is 0 Å². The molecule has 0 aliphatic rings. The van der Waals surface area contributed by atoms with Gasteiger partial charge in [-0.3, -0.25) is 0 Å². The fourth-order valence-electron chi connectivity index (χ4n) is 0. The van der Waals surface area contributed by atoms with Crippen molar-refractivity contribution in [3.05, 3.63) is 0 Å². The van der Waals surface area contributed by atoms with Gasteiger partial charge in [0.15, 0.2) is 0 Å². The SMILES string of the molecule is [Cl-].[Cl-].[ClH2+].[Li+]. The molecule has 4 heteroatoms. The Morgan fingerprint density at radius 1 is 0.750 bits per heavy atom. The molecule has 0 aliphatic heterocycles. The van der Waals surface area contributed by atoms with Gasteiger partial charge in [-0.1, -0.05) is 0 Å². The Bertz CT molecular complexity index is 3.25. The molecular formula is H2Cl3Li. The van der Waals surface area contributed by atoms with Crippen LogP contribution in [0.15, 0.2) is 0 Å². The van der Waals surface area contributed by atoms with E-state index in [9.17, 15) is 0 Å². The van der Waals surface area contributed by atoms with Crippen molar-refractivity contribution in [2.45, 2.75) is 0 Å². The van der Waals surface area contributed by atoms with Gasteiger partial charge in [0.2, 0.25) is 0 Å².